The van der Waals surface area contributed by atoms with E-state index in [1.54, 1.807) is 25.3 Å². The van der Waals surface area contributed by atoms with E-state index in [4.69, 9.17) is 9.47 Å². The molecule has 2 aromatic carbocycles. The van der Waals surface area contributed by atoms with E-state index in [0.717, 1.165) is 22.0 Å². The molecule has 0 aliphatic heterocycles. The number of pyridine rings is 1. The summed E-state index contributed by atoms with van der Waals surface area (Å²) in [5.74, 6) is -0.0200. The average molecular weight is 364 g/mol. The fourth-order valence-electron chi connectivity index (χ4n) is 2.99. The Morgan fingerprint density at radius 2 is 1.67 bits per heavy atom. The summed E-state index contributed by atoms with van der Waals surface area (Å²) in [6, 6.07) is 17.8. The van der Waals surface area contributed by atoms with Gasteiger partial charge in [-0.25, -0.2) is 0 Å². The fraction of sp³-hybridized carbons (Fsp3) is 0.273. The standard InChI is InChI=1S/C22H24N2O3/c1-26-13-11-24(12-14-27-2)22(25)20-6-3-5-17(16-20)18-8-9-21-19(15-18)7-4-10-23-21/h3-10,15-16H,11-14H2,1-2H3. The van der Waals surface area contributed by atoms with Crippen LogP contribution in [0.1, 0.15) is 10.4 Å². The topological polar surface area (TPSA) is 51.7 Å². The highest BCUT2D eigenvalue weighted by Gasteiger charge is 2.16. The van der Waals surface area contributed by atoms with Crippen molar-refractivity contribution in [3.8, 4) is 11.1 Å². The van der Waals surface area contributed by atoms with E-state index in [1.165, 1.54) is 0 Å². The molecular formula is C22H24N2O3. The summed E-state index contributed by atoms with van der Waals surface area (Å²) in [6.07, 6.45) is 1.79. The fourth-order valence-corrected chi connectivity index (χ4v) is 2.99. The predicted molar refractivity (Wildman–Crippen MR) is 107 cm³/mol. The molecule has 0 radical (unpaired) electrons. The molecule has 5 heteroatoms. The van der Waals surface area contributed by atoms with Crippen LogP contribution in [0.15, 0.2) is 60.8 Å². The molecule has 0 bridgehead atoms. The molecule has 0 saturated heterocycles. The zero-order chi connectivity index (χ0) is 19.1. The summed E-state index contributed by atoms with van der Waals surface area (Å²) in [5, 5.41) is 1.08. The molecule has 0 fully saturated rings. The maximum atomic E-state index is 13.0. The highest BCUT2D eigenvalue weighted by atomic mass is 16.5. The van der Waals surface area contributed by atoms with Gasteiger partial charge in [0.05, 0.1) is 18.7 Å². The number of methoxy groups -OCH3 is 2. The summed E-state index contributed by atoms with van der Waals surface area (Å²) >= 11 is 0. The lowest BCUT2D eigenvalue weighted by molar-refractivity contribution is 0.0627. The Bertz CT molecular complexity index is 903. The van der Waals surface area contributed by atoms with E-state index in [9.17, 15) is 4.79 Å². The second kappa shape index (κ2) is 9.26. The van der Waals surface area contributed by atoms with Crippen LogP contribution in [-0.4, -0.2) is 56.3 Å². The molecule has 1 aromatic heterocycles. The molecule has 5 nitrogen and oxygen atoms in total. The summed E-state index contributed by atoms with van der Waals surface area (Å²) in [4.78, 5) is 19.1. The molecule has 0 spiro atoms. The molecule has 1 heterocycles. The van der Waals surface area contributed by atoms with Crippen molar-refractivity contribution in [2.75, 3.05) is 40.5 Å². The maximum absolute atomic E-state index is 13.0. The van der Waals surface area contributed by atoms with Crippen molar-refractivity contribution in [1.29, 1.82) is 0 Å². The first-order valence-corrected chi connectivity index (χ1v) is 8.95. The number of fused-ring (bicyclic) bond motifs is 1. The van der Waals surface area contributed by atoms with Crippen molar-refractivity contribution in [3.05, 3.63) is 66.4 Å². The Kier molecular flexibility index (Phi) is 6.52. The Labute approximate surface area is 159 Å². The molecule has 27 heavy (non-hydrogen) atoms. The number of hydrogen-bond donors (Lipinski definition) is 0. The number of aromatic nitrogens is 1. The molecular weight excluding hydrogens is 340 g/mol. The normalized spacial score (nSPS) is 10.9. The highest BCUT2D eigenvalue weighted by molar-refractivity contribution is 5.96. The van der Waals surface area contributed by atoms with Crippen LogP contribution in [0.3, 0.4) is 0 Å². The van der Waals surface area contributed by atoms with E-state index in [-0.39, 0.29) is 5.91 Å². The van der Waals surface area contributed by atoms with Gasteiger partial charge >= 0.3 is 0 Å². The third-order valence-electron chi connectivity index (χ3n) is 4.46. The van der Waals surface area contributed by atoms with E-state index >= 15 is 0 Å². The van der Waals surface area contributed by atoms with Crippen LogP contribution in [0.4, 0.5) is 0 Å². The third-order valence-corrected chi connectivity index (χ3v) is 4.46. The molecule has 0 aliphatic carbocycles. The Hall–Kier alpha value is -2.76. The molecule has 0 unspecified atom stereocenters. The van der Waals surface area contributed by atoms with E-state index in [1.807, 2.05) is 48.5 Å². The number of nitrogens with zero attached hydrogens (tertiary/aromatic N) is 2. The van der Waals surface area contributed by atoms with Gasteiger partial charge in [-0.05, 0) is 41.5 Å². The van der Waals surface area contributed by atoms with Crippen molar-refractivity contribution in [2.45, 2.75) is 0 Å². The zero-order valence-corrected chi connectivity index (χ0v) is 15.7. The van der Waals surface area contributed by atoms with Gasteiger partial charge in [0.15, 0.2) is 0 Å². The molecule has 0 saturated carbocycles. The smallest absolute Gasteiger partial charge is 0.254 e. The molecule has 140 valence electrons. The average Bonchev–Trinajstić information content (AvgIpc) is 2.73. The van der Waals surface area contributed by atoms with Gasteiger partial charge in [0, 0.05) is 44.5 Å². The lowest BCUT2D eigenvalue weighted by Crippen LogP contribution is -2.36. The first-order chi connectivity index (χ1) is 13.2. The highest BCUT2D eigenvalue weighted by Crippen LogP contribution is 2.24. The number of rotatable bonds is 8. The predicted octanol–water partition coefficient (Wildman–Crippen LogP) is 3.64. The first-order valence-electron chi connectivity index (χ1n) is 8.95. The van der Waals surface area contributed by atoms with E-state index in [0.29, 0.717) is 31.9 Å². The van der Waals surface area contributed by atoms with Crippen LogP contribution in [0, 0.1) is 0 Å². The van der Waals surface area contributed by atoms with Crippen molar-refractivity contribution in [2.24, 2.45) is 0 Å². The number of benzene rings is 2. The molecule has 3 rings (SSSR count). The van der Waals surface area contributed by atoms with Crippen molar-refractivity contribution >= 4 is 16.8 Å². The second-order valence-electron chi connectivity index (χ2n) is 6.27. The third kappa shape index (κ3) is 4.70. The lowest BCUT2D eigenvalue weighted by Gasteiger charge is -2.22. The number of amides is 1. The maximum Gasteiger partial charge on any atom is 0.254 e. The number of carbonyl (C=O) groups is 1. The molecule has 0 aliphatic rings. The van der Waals surface area contributed by atoms with Crippen molar-refractivity contribution < 1.29 is 14.3 Å². The van der Waals surface area contributed by atoms with Crippen molar-refractivity contribution in [1.82, 2.24) is 9.88 Å². The minimum atomic E-state index is -0.0200. The summed E-state index contributed by atoms with van der Waals surface area (Å²) < 4.78 is 10.3. The van der Waals surface area contributed by atoms with Crippen LogP contribution < -0.4 is 0 Å². The minimum absolute atomic E-state index is 0.0200. The van der Waals surface area contributed by atoms with Gasteiger partial charge in [-0.3, -0.25) is 9.78 Å². The zero-order valence-electron chi connectivity index (χ0n) is 15.7. The van der Waals surface area contributed by atoms with Crippen LogP contribution in [-0.2, 0) is 9.47 Å². The van der Waals surface area contributed by atoms with Crippen molar-refractivity contribution in [3.63, 3.8) is 0 Å². The molecule has 1 amide bonds. The molecule has 3 aromatic rings. The second-order valence-corrected chi connectivity index (χ2v) is 6.27. The monoisotopic (exact) mass is 364 g/mol. The Morgan fingerprint density at radius 3 is 2.41 bits per heavy atom. The SMILES string of the molecule is COCCN(CCOC)C(=O)c1cccc(-c2ccc3ncccc3c2)c1. The van der Waals surface area contributed by atoms with Gasteiger partial charge in [-0.1, -0.05) is 24.3 Å². The van der Waals surface area contributed by atoms with Gasteiger partial charge in [0.25, 0.3) is 5.91 Å². The van der Waals surface area contributed by atoms with Crippen LogP contribution >= 0.6 is 0 Å². The molecule has 0 atom stereocenters. The Morgan fingerprint density at radius 1 is 0.926 bits per heavy atom. The number of hydrogen-bond acceptors (Lipinski definition) is 4. The van der Waals surface area contributed by atoms with Gasteiger partial charge in [-0.2, -0.15) is 0 Å². The number of carbonyl (C=O) groups excluding carboxylic acids is 1. The van der Waals surface area contributed by atoms with Crippen LogP contribution in [0.5, 0.6) is 0 Å². The van der Waals surface area contributed by atoms with Crippen LogP contribution in [0.2, 0.25) is 0 Å². The largest absolute Gasteiger partial charge is 0.383 e. The summed E-state index contributed by atoms with van der Waals surface area (Å²) in [7, 11) is 3.27. The minimum Gasteiger partial charge on any atom is -0.383 e. The van der Waals surface area contributed by atoms with E-state index in [2.05, 4.69) is 11.1 Å². The van der Waals surface area contributed by atoms with Gasteiger partial charge in [0.1, 0.15) is 0 Å². The first kappa shape index (κ1) is 19.0. The van der Waals surface area contributed by atoms with Gasteiger partial charge in [0.2, 0.25) is 0 Å². The molecule has 0 N–H and O–H groups in total. The van der Waals surface area contributed by atoms with Gasteiger partial charge < -0.3 is 14.4 Å². The number of ether oxygens (including phenoxy) is 2. The van der Waals surface area contributed by atoms with Gasteiger partial charge in [-0.15, -0.1) is 0 Å². The lowest BCUT2D eigenvalue weighted by atomic mass is 10.0. The summed E-state index contributed by atoms with van der Waals surface area (Å²) in [5.41, 5.74) is 3.68. The summed E-state index contributed by atoms with van der Waals surface area (Å²) in [6.45, 7) is 2.05. The quantitative estimate of drug-likeness (QED) is 0.612. The van der Waals surface area contributed by atoms with Crippen LogP contribution in [0.25, 0.3) is 22.0 Å². The Balaban J connectivity index is 1.87. The van der Waals surface area contributed by atoms with E-state index < -0.39 is 0 Å².